The van der Waals surface area contributed by atoms with Crippen molar-refractivity contribution in [1.82, 2.24) is 4.90 Å². The molecule has 25 heavy (non-hydrogen) atoms. The normalized spacial score (nSPS) is 23.3. The highest BCUT2D eigenvalue weighted by Crippen LogP contribution is 2.39. The number of hydrogen-bond acceptors (Lipinski definition) is 3. The Morgan fingerprint density at radius 1 is 1.24 bits per heavy atom. The summed E-state index contributed by atoms with van der Waals surface area (Å²) in [5, 5.41) is 9.24. The average molecular weight is 353 g/mol. The van der Waals surface area contributed by atoms with Crippen molar-refractivity contribution in [2.45, 2.75) is 31.1 Å². The lowest BCUT2D eigenvalue weighted by Gasteiger charge is -2.42. The summed E-state index contributed by atoms with van der Waals surface area (Å²) in [7, 11) is 0. The van der Waals surface area contributed by atoms with Crippen LogP contribution in [0.4, 0.5) is 8.78 Å². The number of carboxylic acids is 1. The van der Waals surface area contributed by atoms with Crippen molar-refractivity contribution in [3.8, 4) is 0 Å². The van der Waals surface area contributed by atoms with Crippen molar-refractivity contribution >= 4 is 11.9 Å². The fraction of sp³-hybridized carbons (Fsp3) is 0.556. The number of carbonyl (C=O) groups is 2. The summed E-state index contributed by atoms with van der Waals surface area (Å²) in [6.45, 7) is 1.19. The predicted molar refractivity (Wildman–Crippen MR) is 85.0 cm³/mol. The maximum absolute atomic E-state index is 14.5. The Labute approximate surface area is 144 Å². The van der Waals surface area contributed by atoms with Crippen LogP contribution in [-0.2, 0) is 19.7 Å². The molecule has 0 aromatic heterocycles. The van der Waals surface area contributed by atoms with E-state index in [1.807, 2.05) is 0 Å². The molecule has 5 nitrogen and oxygen atoms in total. The minimum absolute atomic E-state index is 0.125. The maximum Gasteiger partial charge on any atom is 0.308 e. The molecule has 1 amide bonds. The molecule has 136 valence electrons. The smallest absolute Gasteiger partial charge is 0.308 e. The molecule has 0 spiro atoms. The van der Waals surface area contributed by atoms with E-state index in [4.69, 9.17) is 4.74 Å². The monoisotopic (exact) mass is 353 g/mol. The van der Waals surface area contributed by atoms with Gasteiger partial charge < -0.3 is 14.7 Å². The van der Waals surface area contributed by atoms with E-state index in [0.29, 0.717) is 45.4 Å². The van der Waals surface area contributed by atoms with E-state index >= 15 is 0 Å². The van der Waals surface area contributed by atoms with Crippen LogP contribution in [0.3, 0.4) is 0 Å². The molecule has 0 bridgehead atoms. The van der Waals surface area contributed by atoms with Crippen LogP contribution in [0.2, 0.25) is 0 Å². The van der Waals surface area contributed by atoms with E-state index in [2.05, 4.69) is 0 Å². The van der Waals surface area contributed by atoms with Crippen molar-refractivity contribution in [2.24, 2.45) is 5.92 Å². The lowest BCUT2D eigenvalue weighted by molar-refractivity contribution is -0.149. The van der Waals surface area contributed by atoms with E-state index in [1.165, 1.54) is 11.0 Å². The molecule has 0 aliphatic carbocycles. The summed E-state index contributed by atoms with van der Waals surface area (Å²) in [5.74, 6) is -3.26. The lowest BCUT2D eigenvalue weighted by atomic mass is 9.72. The van der Waals surface area contributed by atoms with Crippen molar-refractivity contribution in [3.05, 3.63) is 35.4 Å². The molecular formula is C18H21F2NO4. The molecule has 7 heteroatoms. The Bertz CT molecular complexity index is 673. The minimum Gasteiger partial charge on any atom is -0.481 e. The zero-order valence-corrected chi connectivity index (χ0v) is 13.8. The van der Waals surface area contributed by atoms with Crippen LogP contribution in [0.25, 0.3) is 0 Å². The van der Waals surface area contributed by atoms with E-state index in [-0.39, 0.29) is 18.0 Å². The van der Waals surface area contributed by atoms with Gasteiger partial charge >= 0.3 is 5.97 Å². The molecule has 1 aromatic carbocycles. The van der Waals surface area contributed by atoms with Crippen molar-refractivity contribution in [1.29, 1.82) is 0 Å². The first-order valence-electron chi connectivity index (χ1n) is 8.49. The third-order valence-electron chi connectivity index (χ3n) is 5.26. The Hall–Kier alpha value is -2.02. The highest BCUT2D eigenvalue weighted by atomic mass is 19.1. The van der Waals surface area contributed by atoms with Gasteiger partial charge in [-0.2, -0.15) is 0 Å². The molecule has 2 saturated heterocycles. The number of likely N-dealkylation sites (tertiary alicyclic amines) is 1. The molecular weight excluding hydrogens is 332 g/mol. The number of piperidine rings is 1. The van der Waals surface area contributed by atoms with Crippen LogP contribution in [0.1, 0.15) is 31.2 Å². The number of halogens is 2. The number of carbonyl (C=O) groups excluding carboxylic acids is 1. The van der Waals surface area contributed by atoms with Crippen molar-refractivity contribution in [3.63, 3.8) is 0 Å². The minimum atomic E-state index is -1.13. The van der Waals surface area contributed by atoms with Crippen LogP contribution in [0.5, 0.6) is 0 Å². The third kappa shape index (κ3) is 3.38. The van der Waals surface area contributed by atoms with Gasteiger partial charge in [-0.05, 0) is 31.7 Å². The number of ether oxygens (including phenoxy) is 1. The average Bonchev–Trinajstić information content (AvgIpc) is 2.61. The number of carboxylic acid groups (broad SMARTS) is 1. The Morgan fingerprint density at radius 3 is 2.60 bits per heavy atom. The number of amides is 1. The van der Waals surface area contributed by atoms with Gasteiger partial charge in [-0.25, -0.2) is 8.78 Å². The van der Waals surface area contributed by atoms with Gasteiger partial charge in [0, 0.05) is 37.9 Å². The third-order valence-corrected chi connectivity index (χ3v) is 5.26. The first-order valence-corrected chi connectivity index (χ1v) is 8.49. The zero-order valence-electron chi connectivity index (χ0n) is 13.8. The molecule has 0 radical (unpaired) electrons. The quantitative estimate of drug-likeness (QED) is 0.906. The second-order valence-electron chi connectivity index (χ2n) is 6.75. The van der Waals surface area contributed by atoms with E-state index < -0.39 is 28.9 Å². The van der Waals surface area contributed by atoms with Crippen molar-refractivity contribution in [2.75, 3.05) is 26.3 Å². The molecule has 1 N–H and O–H groups in total. The molecule has 0 saturated carbocycles. The second-order valence-corrected chi connectivity index (χ2v) is 6.75. The van der Waals surface area contributed by atoms with Gasteiger partial charge in [0.2, 0.25) is 5.91 Å². The molecule has 2 fully saturated rings. The van der Waals surface area contributed by atoms with E-state index in [0.717, 1.165) is 12.1 Å². The van der Waals surface area contributed by atoms with Crippen LogP contribution in [0.15, 0.2) is 18.2 Å². The number of hydrogen-bond donors (Lipinski definition) is 1. The van der Waals surface area contributed by atoms with Gasteiger partial charge in [-0.1, -0.05) is 6.07 Å². The SMILES string of the molecule is O=C(O)[C@H]1CCCN(C(=O)C2(c3ccc(F)cc3F)CCOCC2)C1. The highest BCUT2D eigenvalue weighted by molar-refractivity contribution is 5.89. The van der Waals surface area contributed by atoms with Gasteiger partial charge in [0.25, 0.3) is 0 Å². The predicted octanol–water partition coefficient (Wildman–Crippen LogP) is 2.34. The van der Waals surface area contributed by atoms with Gasteiger partial charge in [-0.3, -0.25) is 9.59 Å². The summed E-state index contributed by atoms with van der Waals surface area (Å²) in [4.78, 5) is 26.1. The number of rotatable bonds is 3. The van der Waals surface area contributed by atoms with Gasteiger partial charge in [0.05, 0.1) is 11.3 Å². The molecule has 2 aliphatic rings. The first-order chi connectivity index (χ1) is 11.9. The standard InChI is InChI=1S/C18H21F2NO4/c19-13-3-4-14(15(20)10-13)18(5-8-25-9-6-18)17(24)21-7-1-2-12(11-21)16(22)23/h3-4,10,12H,1-2,5-9,11H2,(H,22,23)/t12-/m0/s1. The Balaban J connectivity index is 1.95. The molecule has 2 heterocycles. The summed E-state index contributed by atoms with van der Waals surface area (Å²) in [6, 6.07) is 3.27. The number of nitrogens with zero attached hydrogens (tertiary/aromatic N) is 1. The van der Waals surface area contributed by atoms with Crippen molar-refractivity contribution < 1.29 is 28.2 Å². The molecule has 1 aromatic rings. The number of aliphatic carboxylic acids is 1. The van der Waals surface area contributed by atoms with Crippen LogP contribution in [-0.4, -0.2) is 48.2 Å². The summed E-state index contributed by atoms with van der Waals surface area (Å²) in [5.41, 5.74) is -0.962. The molecule has 0 unspecified atom stereocenters. The van der Waals surface area contributed by atoms with Crippen LogP contribution in [0, 0.1) is 17.6 Å². The molecule has 3 rings (SSSR count). The Morgan fingerprint density at radius 2 is 1.96 bits per heavy atom. The highest BCUT2D eigenvalue weighted by Gasteiger charge is 2.46. The Kier molecular flexibility index (Phi) is 5.03. The summed E-state index contributed by atoms with van der Waals surface area (Å²) >= 11 is 0. The first kappa shape index (κ1) is 17.8. The zero-order chi connectivity index (χ0) is 18.0. The van der Waals surface area contributed by atoms with Gasteiger partial charge in [0.15, 0.2) is 0 Å². The lowest BCUT2D eigenvalue weighted by Crippen LogP contribution is -2.53. The molecule has 2 aliphatic heterocycles. The summed E-state index contributed by atoms with van der Waals surface area (Å²) in [6.07, 6.45) is 1.71. The second kappa shape index (κ2) is 7.07. The molecule has 1 atom stereocenters. The fourth-order valence-electron chi connectivity index (χ4n) is 3.86. The fourth-order valence-corrected chi connectivity index (χ4v) is 3.86. The summed E-state index contributed by atoms with van der Waals surface area (Å²) < 4.78 is 33.1. The maximum atomic E-state index is 14.5. The van der Waals surface area contributed by atoms with E-state index in [9.17, 15) is 23.5 Å². The van der Waals surface area contributed by atoms with Gasteiger partial charge in [0.1, 0.15) is 11.6 Å². The van der Waals surface area contributed by atoms with Crippen LogP contribution >= 0.6 is 0 Å². The van der Waals surface area contributed by atoms with E-state index in [1.54, 1.807) is 0 Å². The number of benzene rings is 1. The largest absolute Gasteiger partial charge is 0.481 e. The van der Waals surface area contributed by atoms with Crippen LogP contribution < -0.4 is 0 Å². The van der Waals surface area contributed by atoms with Gasteiger partial charge in [-0.15, -0.1) is 0 Å². The topological polar surface area (TPSA) is 66.8 Å².